The average Bonchev–Trinajstić information content (AvgIpc) is 2.15. The molecule has 0 aliphatic heterocycles. The van der Waals surface area contributed by atoms with E-state index >= 15 is 0 Å². The molecule has 1 heterocycles. The number of aromatic nitrogens is 2. The number of hydrogen-bond acceptors (Lipinski definition) is 5. The zero-order valence-corrected chi connectivity index (χ0v) is 7.54. The van der Waals surface area contributed by atoms with Crippen LogP contribution >= 0.6 is 11.8 Å². The molecule has 0 atom stereocenters. The lowest BCUT2D eigenvalue weighted by Crippen LogP contribution is -1.93. The Hall–Kier alpha value is -0.810. The van der Waals surface area contributed by atoms with Crippen molar-refractivity contribution in [2.75, 3.05) is 19.5 Å². The molecule has 0 aliphatic rings. The second-order valence-corrected chi connectivity index (χ2v) is 3.02. The summed E-state index contributed by atoms with van der Waals surface area (Å²) in [7, 11) is 1.56. The van der Waals surface area contributed by atoms with Crippen LogP contribution in [-0.2, 0) is 0 Å². The second-order valence-electron chi connectivity index (χ2n) is 1.95. The van der Waals surface area contributed by atoms with E-state index in [1.807, 2.05) is 0 Å². The summed E-state index contributed by atoms with van der Waals surface area (Å²) in [4.78, 5) is 8.03. The molecule has 0 aromatic carbocycles. The maximum absolute atomic E-state index is 8.55. The van der Waals surface area contributed by atoms with E-state index < -0.39 is 0 Å². The molecule has 0 spiro atoms. The van der Waals surface area contributed by atoms with Crippen LogP contribution in [0.4, 0.5) is 0 Å². The highest BCUT2D eigenvalue weighted by molar-refractivity contribution is 7.99. The van der Waals surface area contributed by atoms with Gasteiger partial charge in [0, 0.05) is 18.0 Å². The van der Waals surface area contributed by atoms with Gasteiger partial charge in [0.25, 0.3) is 0 Å². The summed E-state index contributed by atoms with van der Waals surface area (Å²) >= 11 is 1.40. The fourth-order valence-electron chi connectivity index (χ4n) is 0.645. The van der Waals surface area contributed by atoms with E-state index in [1.165, 1.54) is 11.8 Å². The molecular weight excluding hydrogens is 176 g/mol. The van der Waals surface area contributed by atoms with E-state index in [0.29, 0.717) is 16.8 Å². The van der Waals surface area contributed by atoms with E-state index in [1.54, 1.807) is 19.4 Å². The third kappa shape index (κ3) is 2.67. The van der Waals surface area contributed by atoms with Crippen LogP contribution in [0.1, 0.15) is 0 Å². The molecule has 66 valence electrons. The molecule has 12 heavy (non-hydrogen) atoms. The number of hydrogen-bond donors (Lipinski definition) is 1. The zero-order chi connectivity index (χ0) is 8.81. The Labute approximate surface area is 75.0 Å². The highest BCUT2D eigenvalue weighted by Gasteiger charge is 1.98. The van der Waals surface area contributed by atoms with Gasteiger partial charge in [0.2, 0.25) is 5.88 Å². The summed E-state index contributed by atoms with van der Waals surface area (Å²) in [5, 5.41) is 9.17. The van der Waals surface area contributed by atoms with Gasteiger partial charge in [-0.3, -0.25) is 0 Å². The molecule has 0 radical (unpaired) electrons. The molecule has 1 rings (SSSR count). The van der Waals surface area contributed by atoms with Gasteiger partial charge in [0.05, 0.1) is 13.7 Å². The van der Waals surface area contributed by atoms with Crippen molar-refractivity contribution in [3.63, 3.8) is 0 Å². The predicted octanol–water partition coefficient (Wildman–Crippen LogP) is 0.570. The Morgan fingerprint density at radius 1 is 1.67 bits per heavy atom. The van der Waals surface area contributed by atoms with Gasteiger partial charge in [-0.15, -0.1) is 0 Å². The van der Waals surface area contributed by atoms with E-state index in [-0.39, 0.29) is 6.61 Å². The molecule has 0 amide bonds. The third-order valence-electron chi connectivity index (χ3n) is 1.14. The van der Waals surface area contributed by atoms with Crippen molar-refractivity contribution in [3.8, 4) is 5.88 Å². The SMILES string of the molecule is COc1ccnc(SCCO)n1. The van der Waals surface area contributed by atoms with Gasteiger partial charge in [0.15, 0.2) is 5.16 Å². The summed E-state index contributed by atoms with van der Waals surface area (Å²) < 4.78 is 4.91. The van der Waals surface area contributed by atoms with Gasteiger partial charge in [0.1, 0.15) is 0 Å². The van der Waals surface area contributed by atoms with Gasteiger partial charge < -0.3 is 9.84 Å². The van der Waals surface area contributed by atoms with Crippen molar-refractivity contribution in [2.24, 2.45) is 0 Å². The van der Waals surface area contributed by atoms with Crippen molar-refractivity contribution >= 4 is 11.8 Å². The summed E-state index contributed by atoms with van der Waals surface area (Å²) in [5.74, 6) is 1.15. The summed E-state index contributed by atoms with van der Waals surface area (Å²) in [6.07, 6.45) is 1.63. The number of nitrogens with zero attached hydrogens (tertiary/aromatic N) is 2. The van der Waals surface area contributed by atoms with E-state index in [2.05, 4.69) is 9.97 Å². The molecule has 1 N–H and O–H groups in total. The van der Waals surface area contributed by atoms with Gasteiger partial charge in [-0.25, -0.2) is 4.98 Å². The Balaban J connectivity index is 2.60. The first kappa shape index (κ1) is 9.28. The minimum atomic E-state index is 0.130. The minimum Gasteiger partial charge on any atom is -0.481 e. The number of aliphatic hydroxyl groups excluding tert-OH is 1. The molecule has 1 aromatic rings. The standard InChI is InChI=1S/C7H10N2O2S/c1-11-6-2-3-8-7(9-6)12-5-4-10/h2-3,10H,4-5H2,1H3. The summed E-state index contributed by atoms with van der Waals surface area (Å²) in [5.41, 5.74) is 0. The first-order valence-corrected chi connectivity index (χ1v) is 4.46. The largest absolute Gasteiger partial charge is 0.481 e. The van der Waals surface area contributed by atoms with Crippen LogP contribution in [-0.4, -0.2) is 34.5 Å². The maximum atomic E-state index is 8.55. The Morgan fingerprint density at radius 2 is 2.50 bits per heavy atom. The monoisotopic (exact) mass is 186 g/mol. The molecular formula is C7H10N2O2S. The van der Waals surface area contributed by atoms with Crippen LogP contribution in [0.2, 0.25) is 0 Å². The first-order valence-electron chi connectivity index (χ1n) is 3.47. The van der Waals surface area contributed by atoms with Gasteiger partial charge >= 0.3 is 0 Å². The van der Waals surface area contributed by atoms with Crippen LogP contribution in [0, 0.1) is 0 Å². The highest BCUT2D eigenvalue weighted by Crippen LogP contribution is 2.14. The fourth-order valence-corrected chi connectivity index (χ4v) is 1.21. The topological polar surface area (TPSA) is 55.2 Å². The van der Waals surface area contributed by atoms with Crippen LogP contribution < -0.4 is 4.74 Å². The van der Waals surface area contributed by atoms with E-state index in [9.17, 15) is 0 Å². The van der Waals surface area contributed by atoms with Crippen LogP contribution in [0.5, 0.6) is 5.88 Å². The maximum Gasteiger partial charge on any atom is 0.216 e. The molecule has 0 bridgehead atoms. The number of aliphatic hydroxyl groups is 1. The lowest BCUT2D eigenvalue weighted by molar-refractivity contribution is 0.322. The molecule has 5 heteroatoms. The molecule has 0 aliphatic carbocycles. The van der Waals surface area contributed by atoms with E-state index in [0.717, 1.165) is 0 Å². The van der Waals surface area contributed by atoms with Crippen LogP contribution in [0.25, 0.3) is 0 Å². The quantitative estimate of drug-likeness (QED) is 0.550. The second kappa shape index (κ2) is 4.95. The number of ether oxygens (including phenoxy) is 1. The lowest BCUT2D eigenvalue weighted by Gasteiger charge is -1.99. The average molecular weight is 186 g/mol. The normalized spacial score (nSPS) is 9.83. The molecule has 0 saturated carbocycles. The Morgan fingerprint density at radius 3 is 3.17 bits per heavy atom. The predicted molar refractivity (Wildman–Crippen MR) is 46.4 cm³/mol. The van der Waals surface area contributed by atoms with Gasteiger partial charge in [-0.2, -0.15) is 4.98 Å². The first-order chi connectivity index (χ1) is 5.86. The molecule has 0 fully saturated rings. The lowest BCUT2D eigenvalue weighted by atomic mass is 10.6. The smallest absolute Gasteiger partial charge is 0.216 e. The number of rotatable bonds is 4. The molecule has 1 aromatic heterocycles. The Bertz CT molecular complexity index is 245. The third-order valence-corrected chi connectivity index (χ3v) is 1.98. The molecule has 0 unspecified atom stereocenters. The van der Waals surface area contributed by atoms with Crippen LogP contribution in [0.15, 0.2) is 17.4 Å². The highest BCUT2D eigenvalue weighted by atomic mass is 32.2. The fraction of sp³-hybridized carbons (Fsp3) is 0.429. The van der Waals surface area contributed by atoms with Crippen molar-refractivity contribution < 1.29 is 9.84 Å². The summed E-state index contributed by atoms with van der Waals surface area (Å²) in [6, 6.07) is 1.68. The zero-order valence-electron chi connectivity index (χ0n) is 6.73. The molecule has 0 saturated heterocycles. The van der Waals surface area contributed by atoms with E-state index in [4.69, 9.17) is 9.84 Å². The minimum absolute atomic E-state index is 0.130. The van der Waals surface area contributed by atoms with Gasteiger partial charge in [-0.05, 0) is 0 Å². The van der Waals surface area contributed by atoms with Crippen molar-refractivity contribution in [1.29, 1.82) is 0 Å². The van der Waals surface area contributed by atoms with Gasteiger partial charge in [-0.1, -0.05) is 11.8 Å². The molecule has 4 nitrogen and oxygen atoms in total. The Kier molecular flexibility index (Phi) is 3.83. The van der Waals surface area contributed by atoms with Crippen molar-refractivity contribution in [1.82, 2.24) is 9.97 Å². The van der Waals surface area contributed by atoms with Crippen molar-refractivity contribution in [2.45, 2.75) is 5.16 Å². The number of thioether (sulfide) groups is 1. The summed E-state index contributed by atoms with van der Waals surface area (Å²) in [6.45, 7) is 0.130. The van der Waals surface area contributed by atoms with Crippen LogP contribution in [0.3, 0.4) is 0 Å². The van der Waals surface area contributed by atoms with Crippen molar-refractivity contribution in [3.05, 3.63) is 12.3 Å². The number of methoxy groups -OCH3 is 1.